The Morgan fingerprint density at radius 1 is 1.37 bits per heavy atom. The highest BCUT2D eigenvalue weighted by Crippen LogP contribution is 2.28. The molecule has 0 radical (unpaired) electrons. The third-order valence-corrected chi connectivity index (χ3v) is 3.35. The molecule has 1 heterocycles. The topological polar surface area (TPSA) is 30.5 Å². The van der Waals surface area contributed by atoms with Crippen molar-refractivity contribution in [2.24, 2.45) is 0 Å². The SMILES string of the molecule is CCCNC(COC(C)C)c1ccc2c(c1)CCO2. The minimum absolute atomic E-state index is 0.267. The lowest BCUT2D eigenvalue weighted by Crippen LogP contribution is -2.27. The molecule has 19 heavy (non-hydrogen) atoms. The van der Waals surface area contributed by atoms with E-state index in [1.807, 2.05) is 0 Å². The molecule has 1 aliphatic rings. The Balaban J connectivity index is 2.07. The highest BCUT2D eigenvalue weighted by atomic mass is 16.5. The van der Waals surface area contributed by atoms with Gasteiger partial charge in [-0.15, -0.1) is 0 Å². The standard InChI is InChI=1S/C16H25NO2/c1-4-8-17-15(11-19-12(2)3)13-5-6-16-14(10-13)7-9-18-16/h5-6,10,12,15,17H,4,7-9,11H2,1-3H3. The smallest absolute Gasteiger partial charge is 0.122 e. The molecule has 1 N–H and O–H groups in total. The van der Waals surface area contributed by atoms with E-state index in [4.69, 9.17) is 9.47 Å². The fourth-order valence-electron chi connectivity index (χ4n) is 2.30. The first-order valence-electron chi connectivity index (χ1n) is 7.31. The van der Waals surface area contributed by atoms with Crippen LogP contribution in [0.4, 0.5) is 0 Å². The van der Waals surface area contributed by atoms with E-state index >= 15 is 0 Å². The number of ether oxygens (including phenoxy) is 2. The van der Waals surface area contributed by atoms with Crippen LogP contribution in [0.5, 0.6) is 5.75 Å². The summed E-state index contributed by atoms with van der Waals surface area (Å²) in [5, 5.41) is 3.57. The van der Waals surface area contributed by atoms with Crippen LogP contribution in [0.3, 0.4) is 0 Å². The minimum Gasteiger partial charge on any atom is -0.493 e. The second kappa shape index (κ2) is 6.92. The van der Waals surface area contributed by atoms with Crippen molar-refractivity contribution in [2.45, 2.75) is 45.8 Å². The third-order valence-electron chi connectivity index (χ3n) is 3.35. The van der Waals surface area contributed by atoms with E-state index < -0.39 is 0 Å². The van der Waals surface area contributed by atoms with Gasteiger partial charge in [-0.2, -0.15) is 0 Å². The maximum Gasteiger partial charge on any atom is 0.122 e. The molecule has 106 valence electrons. The second-order valence-electron chi connectivity index (χ2n) is 5.35. The summed E-state index contributed by atoms with van der Waals surface area (Å²) >= 11 is 0. The molecule has 0 spiro atoms. The van der Waals surface area contributed by atoms with Gasteiger partial charge in [-0.1, -0.05) is 19.1 Å². The van der Waals surface area contributed by atoms with Crippen LogP contribution in [0.15, 0.2) is 18.2 Å². The highest BCUT2D eigenvalue weighted by Gasteiger charge is 2.17. The molecule has 3 nitrogen and oxygen atoms in total. The maximum absolute atomic E-state index is 5.78. The molecule has 0 bridgehead atoms. The first-order chi connectivity index (χ1) is 9.20. The van der Waals surface area contributed by atoms with Crippen LogP contribution in [0, 0.1) is 0 Å². The van der Waals surface area contributed by atoms with Crippen LogP contribution in [0.2, 0.25) is 0 Å². The molecular weight excluding hydrogens is 238 g/mol. The molecule has 1 aliphatic heterocycles. The van der Waals surface area contributed by atoms with Gasteiger partial charge in [-0.25, -0.2) is 0 Å². The van der Waals surface area contributed by atoms with Crippen LogP contribution in [0.25, 0.3) is 0 Å². The van der Waals surface area contributed by atoms with Crippen molar-refractivity contribution in [3.05, 3.63) is 29.3 Å². The van der Waals surface area contributed by atoms with Gasteiger partial charge in [0.15, 0.2) is 0 Å². The summed E-state index contributed by atoms with van der Waals surface area (Å²) in [6.45, 7) is 8.88. The quantitative estimate of drug-likeness (QED) is 0.820. The molecular formula is C16H25NO2. The van der Waals surface area contributed by atoms with Crippen molar-refractivity contribution in [3.8, 4) is 5.75 Å². The van der Waals surface area contributed by atoms with Crippen LogP contribution < -0.4 is 10.1 Å². The molecule has 3 heteroatoms. The Bertz CT molecular complexity index is 404. The minimum atomic E-state index is 0.267. The zero-order chi connectivity index (χ0) is 13.7. The molecule has 1 aromatic rings. The van der Waals surface area contributed by atoms with E-state index in [0.717, 1.165) is 38.3 Å². The fourth-order valence-corrected chi connectivity index (χ4v) is 2.30. The Kier molecular flexibility index (Phi) is 5.23. The zero-order valence-electron chi connectivity index (χ0n) is 12.2. The third kappa shape index (κ3) is 3.95. The van der Waals surface area contributed by atoms with Crippen LogP contribution in [-0.4, -0.2) is 25.9 Å². The van der Waals surface area contributed by atoms with Gasteiger partial charge in [-0.3, -0.25) is 0 Å². The molecule has 1 unspecified atom stereocenters. The van der Waals surface area contributed by atoms with Crippen LogP contribution >= 0.6 is 0 Å². The van der Waals surface area contributed by atoms with E-state index in [0.29, 0.717) is 0 Å². The fraction of sp³-hybridized carbons (Fsp3) is 0.625. The molecule has 1 atom stereocenters. The van der Waals surface area contributed by atoms with Crippen molar-refractivity contribution in [3.63, 3.8) is 0 Å². The average Bonchev–Trinajstić information content (AvgIpc) is 2.85. The number of hydrogen-bond donors (Lipinski definition) is 1. The van der Waals surface area contributed by atoms with E-state index in [1.165, 1.54) is 11.1 Å². The van der Waals surface area contributed by atoms with E-state index in [-0.39, 0.29) is 12.1 Å². The summed E-state index contributed by atoms with van der Waals surface area (Å²) in [6.07, 6.45) is 2.42. The lowest BCUT2D eigenvalue weighted by atomic mass is 10.0. The molecule has 0 saturated heterocycles. The summed E-state index contributed by atoms with van der Waals surface area (Å²) in [5.74, 6) is 1.04. The highest BCUT2D eigenvalue weighted by molar-refractivity contribution is 5.40. The molecule has 0 aromatic heterocycles. The summed E-state index contributed by atoms with van der Waals surface area (Å²) < 4.78 is 11.3. The van der Waals surface area contributed by atoms with Crippen LogP contribution in [-0.2, 0) is 11.2 Å². The molecule has 1 aromatic carbocycles. The first kappa shape index (κ1) is 14.4. The number of benzene rings is 1. The first-order valence-corrected chi connectivity index (χ1v) is 7.31. The Morgan fingerprint density at radius 3 is 2.95 bits per heavy atom. The summed E-state index contributed by atoms with van der Waals surface area (Å²) in [6, 6.07) is 6.78. The average molecular weight is 263 g/mol. The van der Waals surface area contributed by atoms with Gasteiger partial charge in [0, 0.05) is 6.42 Å². The van der Waals surface area contributed by atoms with E-state index in [9.17, 15) is 0 Å². The monoisotopic (exact) mass is 263 g/mol. The van der Waals surface area contributed by atoms with Crippen molar-refractivity contribution >= 4 is 0 Å². The Morgan fingerprint density at radius 2 is 2.21 bits per heavy atom. The molecule has 0 saturated carbocycles. The maximum atomic E-state index is 5.78. The molecule has 0 amide bonds. The Labute approximate surface area is 116 Å². The number of fused-ring (bicyclic) bond motifs is 1. The summed E-state index contributed by atoms with van der Waals surface area (Å²) in [4.78, 5) is 0. The normalized spacial score (nSPS) is 15.4. The van der Waals surface area contributed by atoms with Crippen molar-refractivity contribution < 1.29 is 9.47 Å². The van der Waals surface area contributed by atoms with Gasteiger partial charge in [0.1, 0.15) is 5.75 Å². The predicted octanol–water partition coefficient (Wildman–Crippen LogP) is 3.09. The largest absolute Gasteiger partial charge is 0.493 e. The lowest BCUT2D eigenvalue weighted by Gasteiger charge is -2.21. The zero-order valence-corrected chi connectivity index (χ0v) is 12.2. The molecule has 2 rings (SSSR count). The van der Waals surface area contributed by atoms with Crippen molar-refractivity contribution in [1.82, 2.24) is 5.32 Å². The number of hydrogen-bond acceptors (Lipinski definition) is 3. The van der Waals surface area contributed by atoms with E-state index in [1.54, 1.807) is 0 Å². The van der Waals surface area contributed by atoms with Crippen molar-refractivity contribution in [2.75, 3.05) is 19.8 Å². The number of nitrogens with one attached hydrogen (secondary N) is 1. The van der Waals surface area contributed by atoms with Gasteiger partial charge in [0.2, 0.25) is 0 Å². The summed E-state index contributed by atoms with van der Waals surface area (Å²) in [5.41, 5.74) is 2.63. The van der Waals surface area contributed by atoms with Gasteiger partial charge in [0.05, 0.1) is 25.4 Å². The second-order valence-corrected chi connectivity index (χ2v) is 5.35. The van der Waals surface area contributed by atoms with Gasteiger partial charge >= 0.3 is 0 Å². The van der Waals surface area contributed by atoms with Gasteiger partial charge < -0.3 is 14.8 Å². The predicted molar refractivity (Wildman–Crippen MR) is 77.8 cm³/mol. The molecule has 0 fully saturated rings. The van der Waals surface area contributed by atoms with Gasteiger partial charge in [0.25, 0.3) is 0 Å². The van der Waals surface area contributed by atoms with Gasteiger partial charge in [-0.05, 0) is 44.0 Å². The van der Waals surface area contributed by atoms with Crippen molar-refractivity contribution in [1.29, 1.82) is 0 Å². The summed E-state index contributed by atoms with van der Waals surface area (Å²) in [7, 11) is 0. The van der Waals surface area contributed by atoms with E-state index in [2.05, 4.69) is 44.3 Å². The Hall–Kier alpha value is -1.06. The lowest BCUT2D eigenvalue weighted by molar-refractivity contribution is 0.0611. The van der Waals surface area contributed by atoms with Crippen LogP contribution in [0.1, 0.15) is 44.4 Å². The molecule has 0 aliphatic carbocycles. The number of rotatable bonds is 7.